The van der Waals surface area contributed by atoms with Crippen molar-refractivity contribution in [2.24, 2.45) is 5.41 Å². The van der Waals surface area contributed by atoms with E-state index >= 15 is 0 Å². The number of nitrogens with zero attached hydrogens (tertiary/aromatic N) is 2. The van der Waals surface area contributed by atoms with Gasteiger partial charge in [-0.15, -0.1) is 0 Å². The Kier molecular flexibility index (Phi) is 7.61. The van der Waals surface area contributed by atoms with E-state index < -0.39 is 17.0 Å². The van der Waals surface area contributed by atoms with E-state index in [9.17, 15) is 10.2 Å². The molecule has 10 heteroatoms. The number of hydrogen-bond acceptors (Lipinski definition) is 7. The monoisotopic (exact) mass is 513 g/mol. The molecule has 0 bridgehead atoms. The molecule has 1 aliphatic carbocycles. The van der Waals surface area contributed by atoms with E-state index in [-0.39, 0.29) is 19.3 Å². The zero-order valence-corrected chi connectivity index (χ0v) is 20.5. The quantitative estimate of drug-likeness (QED) is 0.354. The predicted molar refractivity (Wildman–Crippen MR) is 134 cm³/mol. The zero-order chi connectivity index (χ0) is 25.0. The molecule has 3 N–H and O–H groups in total. The van der Waals surface area contributed by atoms with Crippen molar-refractivity contribution in [2.75, 3.05) is 13.2 Å². The highest BCUT2D eigenvalue weighted by Gasteiger charge is 2.45. The second-order valence-electron chi connectivity index (χ2n) is 8.71. The Morgan fingerprint density at radius 2 is 1.54 bits per heavy atom. The van der Waals surface area contributed by atoms with E-state index in [4.69, 9.17) is 24.8 Å². The molecular weight excluding hydrogens is 490 g/mol. The Morgan fingerprint density at radius 1 is 1.00 bits per heavy atom. The first-order valence-corrected chi connectivity index (χ1v) is 12.0. The summed E-state index contributed by atoms with van der Waals surface area (Å²) >= 11 is 5.78. The van der Waals surface area contributed by atoms with Gasteiger partial charge in [0.2, 0.25) is 0 Å². The highest BCUT2D eigenvalue weighted by atomic mass is 35.5. The van der Waals surface area contributed by atoms with Gasteiger partial charge in [-0.3, -0.25) is 0 Å². The third-order valence-electron chi connectivity index (χ3n) is 6.22. The number of imidazole rings is 1. The number of halogens is 1. The van der Waals surface area contributed by atoms with Gasteiger partial charge in [-0.05, 0) is 37.0 Å². The number of aryl methyl sites for hydroxylation is 1. The fourth-order valence-corrected chi connectivity index (χ4v) is 4.44. The summed E-state index contributed by atoms with van der Waals surface area (Å²) in [5.74, 6) is 0. The molecule has 35 heavy (non-hydrogen) atoms. The normalized spacial score (nSPS) is 14.6. The van der Waals surface area contributed by atoms with Crippen molar-refractivity contribution < 1.29 is 23.4 Å². The van der Waals surface area contributed by atoms with Crippen molar-refractivity contribution in [1.29, 1.82) is 0 Å². The molecule has 0 radical (unpaired) electrons. The molecule has 0 unspecified atom stereocenters. The van der Waals surface area contributed by atoms with Crippen LogP contribution >= 0.6 is 11.6 Å². The highest BCUT2D eigenvalue weighted by Crippen LogP contribution is 2.42. The summed E-state index contributed by atoms with van der Waals surface area (Å²) in [4.78, 5) is 12.2. The molecule has 2 aromatic heterocycles. The molecule has 0 amide bonds. The average Bonchev–Trinajstić information content (AvgIpc) is 3.23. The first-order valence-electron chi connectivity index (χ1n) is 10.9. The van der Waals surface area contributed by atoms with Gasteiger partial charge in [0.05, 0.1) is 29.4 Å². The first kappa shape index (κ1) is 25.0. The van der Waals surface area contributed by atoms with Crippen LogP contribution in [0.25, 0.3) is 33.5 Å². The molecule has 2 heterocycles. The standard InChI is InChI=1S/C25H24ClN3O3.O2S/c1-15-2-4-16(5-3-15)17-6-8-18(9-7-17)22-20(26)10-21-23(28-22)29-24(27-21)32-19-11-25(12-19,13-30)14-31;1-3-2/h2-10,19,30-31H,11-14H2,1H3,(H,27,28,29);. The molecule has 5 rings (SSSR count). The molecular formula is C25H24ClN3O5S. The van der Waals surface area contributed by atoms with Crippen LogP contribution in [0.3, 0.4) is 0 Å². The van der Waals surface area contributed by atoms with E-state index in [1.165, 1.54) is 5.56 Å². The van der Waals surface area contributed by atoms with Crippen molar-refractivity contribution >= 4 is 34.3 Å². The minimum absolute atomic E-state index is 0.0489. The van der Waals surface area contributed by atoms with Crippen molar-refractivity contribution in [2.45, 2.75) is 25.9 Å². The first-order chi connectivity index (χ1) is 16.9. The predicted octanol–water partition coefficient (Wildman–Crippen LogP) is 4.10. The van der Waals surface area contributed by atoms with Gasteiger partial charge in [0.1, 0.15) is 6.10 Å². The van der Waals surface area contributed by atoms with Gasteiger partial charge in [0.15, 0.2) is 5.65 Å². The molecule has 0 saturated heterocycles. The van der Waals surface area contributed by atoms with Crippen LogP contribution in [-0.2, 0) is 11.6 Å². The topological polar surface area (TPSA) is 125 Å². The van der Waals surface area contributed by atoms with Crippen molar-refractivity contribution in [1.82, 2.24) is 15.0 Å². The van der Waals surface area contributed by atoms with Crippen LogP contribution in [0.15, 0.2) is 54.6 Å². The Labute approximate surface area is 210 Å². The number of aromatic amines is 1. The number of fused-ring (bicyclic) bond motifs is 1. The van der Waals surface area contributed by atoms with Gasteiger partial charge in [-0.2, -0.15) is 13.4 Å². The molecule has 1 saturated carbocycles. The molecule has 182 valence electrons. The fraction of sp³-hybridized carbons (Fsp3) is 0.280. The summed E-state index contributed by atoms with van der Waals surface area (Å²) in [6.45, 7) is 1.98. The van der Waals surface area contributed by atoms with Crippen LogP contribution in [0.4, 0.5) is 0 Å². The fourth-order valence-electron chi connectivity index (χ4n) is 4.18. The number of hydrogen-bond donors (Lipinski definition) is 3. The minimum atomic E-state index is -0.750. The Morgan fingerprint density at radius 3 is 2.11 bits per heavy atom. The lowest BCUT2D eigenvalue weighted by molar-refractivity contribution is -0.0835. The largest absolute Gasteiger partial charge is 0.461 e. The molecule has 4 aromatic rings. The number of nitrogens with one attached hydrogen (secondary N) is 1. The van der Waals surface area contributed by atoms with Crippen molar-refractivity contribution in [3.05, 3.63) is 65.2 Å². The Hall–Kier alpha value is -3.11. The lowest BCUT2D eigenvalue weighted by Crippen LogP contribution is -2.49. The van der Waals surface area contributed by atoms with Crippen LogP contribution < -0.4 is 4.74 Å². The summed E-state index contributed by atoms with van der Waals surface area (Å²) in [7, 11) is 0. The van der Waals surface area contributed by atoms with E-state index in [2.05, 4.69) is 58.3 Å². The number of ether oxygens (including phenoxy) is 1. The SMILES string of the molecule is Cc1ccc(-c2ccc(-c3nc4nc(OC5CC(CO)(CO)C5)[nH]c4cc3Cl)cc2)cc1.O=S=O. The summed E-state index contributed by atoms with van der Waals surface area (Å²) in [5, 5.41) is 19.4. The van der Waals surface area contributed by atoms with Crippen LogP contribution in [0, 0.1) is 12.3 Å². The number of aromatic nitrogens is 3. The summed E-state index contributed by atoms with van der Waals surface area (Å²) in [6, 6.07) is 18.7. The highest BCUT2D eigenvalue weighted by molar-refractivity contribution is 7.51. The number of rotatable bonds is 6. The second-order valence-corrected chi connectivity index (χ2v) is 9.25. The summed E-state index contributed by atoms with van der Waals surface area (Å²) < 4.78 is 22.5. The van der Waals surface area contributed by atoms with Gasteiger partial charge >= 0.3 is 11.6 Å². The molecule has 1 aliphatic rings. The van der Waals surface area contributed by atoms with Gasteiger partial charge in [0, 0.05) is 11.0 Å². The Balaban J connectivity index is 0.000000917. The maximum absolute atomic E-state index is 9.43. The minimum Gasteiger partial charge on any atom is -0.461 e. The van der Waals surface area contributed by atoms with Gasteiger partial charge in [0.25, 0.3) is 6.01 Å². The number of benzene rings is 2. The van der Waals surface area contributed by atoms with E-state index in [0.717, 1.165) is 16.7 Å². The molecule has 8 nitrogen and oxygen atoms in total. The van der Waals surface area contributed by atoms with Crippen LogP contribution in [0.5, 0.6) is 6.01 Å². The zero-order valence-electron chi connectivity index (χ0n) is 18.9. The lowest BCUT2D eigenvalue weighted by Gasteiger charge is -2.44. The molecule has 0 aliphatic heterocycles. The third kappa shape index (κ3) is 5.43. The number of aliphatic hydroxyl groups is 2. The summed E-state index contributed by atoms with van der Waals surface area (Å²) in [6.07, 6.45) is 1.08. The molecule has 0 spiro atoms. The summed E-state index contributed by atoms with van der Waals surface area (Å²) in [5.41, 5.74) is 5.86. The average molecular weight is 514 g/mol. The van der Waals surface area contributed by atoms with Crippen molar-refractivity contribution in [3.63, 3.8) is 0 Å². The number of aliphatic hydroxyl groups excluding tert-OH is 2. The van der Waals surface area contributed by atoms with Crippen LogP contribution in [0.1, 0.15) is 18.4 Å². The van der Waals surface area contributed by atoms with Gasteiger partial charge in [-0.1, -0.05) is 65.7 Å². The Bertz CT molecular complexity index is 1340. The molecule has 2 aromatic carbocycles. The van der Waals surface area contributed by atoms with Gasteiger partial charge < -0.3 is 19.9 Å². The third-order valence-corrected chi connectivity index (χ3v) is 6.51. The lowest BCUT2D eigenvalue weighted by atomic mass is 9.68. The van der Waals surface area contributed by atoms with Crippen LogP contribution in [-0.4, -0.2) is 52.9 Å². The molecule has 0 atom stereocenters. The molecule has 1 fully saturated rings. The van der Waals surface area contributed by atoms with Crippen molar-refractivity contribution in [3.8, 4) is 28.4 Å². The number of H-pyrrole nitrogens is 1. The van der Waals surface area contributed by atoms with E-state index in [0.29, 0.717) is 40.7 Å². The van der Waals surface area contributed by atoms with Crippen LogP contribution in [0.2, 0.25) is 5.02 Å². The van der Waals surface area contributed by atoms with Gasteiger partial charge in [-0.25, -0.2) is 4.98 Å². The number of pyridine rings is 1. The van der Waals surface area contributed by atoms with E-state index in [1.807, 2.05) is 12.1 Å². The van der Waals surface area contributed by atoms with E-state index in [1.54, 1.807) is 6.07 Å². The smallest absolute Gasteiger partial charge is 0.335 e. The maximum Gasteiger partial charge on any atom is 0.335 e. The maximum atomic E-state index is 9.43. The second kappa shape index (κ2) is 10.7.